The van der Waals surface area contributed by atoms with Gasteiger partial charge in [-0.15, -0.1) is 0 Å². The molecule has 1 aliphatic rings. The number of morpholine rings is 1. The Morgan fingerprint density at radius 1 is 1.58 bits per heavy atom. The summed E-state index contributed by atoms with van der Waals surface area (Å²) >= 11 is 0. The number of pyridine rings is 1. The van der Waals surface area contributed by atoms with Crippen LogP contribution in [0.4, 0.5) is 5.82 Å². The third-order valence-electron chi connectivity index (χ3n) is 3.58. The van der Waals surface area contributed by atoms with Crippen molar-refractivity contribution >= 4 is 16.9 Å². The molecule has 1 fully saturated rings. The number of nitrogens with one attached hydrogen (secondary N) is 1. The summed E-state index contributed by atoms with van der Waals surface area (Å²) in [7, 11) is 0. The smallest absolute Gasteiger partial charge is 0.209 e. The highest BCUT2D eigenvalue weighted by Gasteiger charge is 2.21. The SMILES string of the molecule is CCn1ncc2[nH]c(N3CCOC[C@H]3C)cc(=O)c21. The fourth-order valence-corrected chi connectivity index (χ4v) is 2.58. The molecule has 1 atom stereocenters. The number of nitrogens with zero attached hydrogens (tertiary/aromatic N) is 3. The van der Waals surface area contributed by atoms with Crippen molar-refractivity contribution in [2.45, 2.75) is 26.4 Å². The lowest BCUT2D eigenvalue weighted by molar-refractivity contribution is 0.0985. The maximum absolute atomic E-state index is 12.3. The molecule has 1 saturated heterocycles. The molecule has 0 bridgehead atoms. The van der Waals surface area contributed by atoms with E-state index in [4.69, 9.17) is 4.74 Å². The van der Waals surface area contributed by atoms with Crippen LogP contribution in [-0.2, 0) is 11.3 Å². The van der Waals surface area contributed by atoms with Crippen LogP contribution in [0.3, 0.4) is 0 Å². The first kappa shape index (κ1) is 12.2. The average molecular weight is 262 g/mol. The van der Waals surface area contributed by atoms with Crippen molar-refractivity contribution in [3.8, 4) is 0 Å². The molecule has 0 radical (unpaired) electrons. The molecule has 102 valence electrons. The van der Waals surface area contributed by atoms with Gasteiger partial charge in [-0.25, -0.2) is 0 Å². The van der Waals surface area contributed by atoms with E-state index >= 15 is 0 Å². The van der Waals surface area contributed by atoms with Gasteiger partial charge in [-0.3, -0.25) is 9.48 Å². The van der Waals surface area contributed by atoms with Gasteiger partial charge in [0.25, 0.3) is 0 Å². The molecule has 1 aliphatic heterocycles. The summed E-state index contributed by atoms with van der Waals surface area (Å²) in [5.41, 5.74) is 1.46. The average Bonchev–Trinajstić information content (AvgIpc) is 2.82. The molecule has 0 unspecified atom stereocenters. The lowest BCUT2D eigenvalue weighted by atomic mass is 10.2. The van der Waals surface area contributed by atoms with Crippen LogP contribution < -0.4 is 10.3 Å². The molecule has 0 spiro atoms. The van der Waals surface area contributed by atoms with E-state index in [1.54, 1.807) is 16.9 Å². The highest BCUT2D eigenvalue weighted by molar-refractivity contribution is 5.76. The number of rotatable bonds is 2. The Bertz CT molecular complexity index is 646. The van der Waals surface area contributed by atoms with Crippen LogP contribution in [0, 0.1) is 0 Å². The standard InChI is InChI=1S/C13H18N4O2/c1-3-17-13-10(7-14-17)15-12(6-11(13)18)16-4-5-19-8-9(16)2/h6-7,9H,3-5,8H2,1-2H3,(H,15,18)/t9-/m1/s1. The van der Waals surface area contributed by atoms with Crippen molar-refractivity contribution in [1.29, 1.82) is 0 Å². The predicted octanol–water partition coefficient (Wildman–Crippen LogP) is 0.970. The Morgan fingerprint density at radius 3 is 3.16 bits per heavy atom. The van der Waals surface area contributed by atoms with Crippen molar-refractivity contribution in [3.05, 3.63) is 22.5 Å². The molecule has 19 heavy (non-hydrogen) atoms. The Morgan fingerprint density at radius 2 is 2.42 bits per heavy atom. The molecule has 3 rings (SSSR count). The van der Waals surface area contributed by atoms with Crippen LogP contribution in [0.2, 0.25) is 0 Å². The predicted molar refractivity (Wildman–Crippen MR) is 73.7 cm³/mol. The fraction of sp³-hybridized carbons (Fsp3) is 0.538. The first-order valence-corrected chi connectivity index (χ1v) is 6.64. The van der Waals surface area contributed by atoms with E-state index in [1.165, 1.54) is 0 Å². The van der Waals surface area contributed by atoms with Gasteiger partial charge >= 0.3 is 0 Å². The van der Waals surface area contributed by atoms with Crippen LogP contribution >= 0.6 is 0 Å². The van der Waals surface area contributed by atoms with E-state index < -0.39 is 0 Å². The van der Waals surface area contributed by atoms with Crippen molar-refractivity contribution < 1.29 is 4.74 Å². The molecule has 0 aliphatic carbocycles. The quantitative estimate of drug-likeness (QED) is 0.876. The molecule has 0 saturated carbocycles. The van der Waals surface area contributed by atoms with E-state index in [2.05, 4.69) is 21.9 Å². The number of fused-ring (bicyclic) bond motifs is 1. The lowest BCUT2D eigenvalue weighted by Gasteiger charge is -2.34. The second kappa shape index (κ2) is 4.70. The molecular weight excluding hydrogens is 244 g/mol. The minimum absolute atomic E-state index is 0.0155. The van der Waals surface area contributed by atoms with Gasteiger partial charge in [-0.2, -0.15) is 5.10 Å². The lowest BCUT2D eigenvalue weighted by Crippen LogP contribution is -2.44. The van der Waals surface area contributed by atoms with Crippen LogP contribution in [0.1, 0.15) is 13.8 Å². The van der Waals surface area contributed by atoms with Crippen molar-refractivity contribution in [1.82, 2.24) is 14.8 Å². The van der Waals surface area contributed by atoms with Gasteiger partial charge in [-0.1, -0.05) is 0 Å². The molecule has 0 aromatic carbocycles. The first-order valence-electron chi connectivity index (χ1n) is 6.64. The highest BCUT2D eigenvalue weighted by Crippen LogP contribution is 2.18. The third-order valence-corrected chi connectivity index (χ3v) is 3.58. The summed E-state index contributed by atoms with van der Waals surface area (Å²) in [4.78, 5) is 17.7. The second-order valence-corrected chi connectivity index (χ2v) is 4.86. The molecule has 3 heterocycles. The number of aromatic amines is 1. The molecule has 2 aromatic rings. The highest BCUT2D eigenvalue weighted by atomic mass is 16.5. The zero-order valence-corrected chi connectivity index (χ0v) is 11.2. The van der Waals surface area contributed by atoms with Crippen LogP contribution in [0.15, 0.2) is 17.1 Å². The Balaban J connectivity index is 2.08. The summed E-state index contributed by atoms with van der Waals surface area (Å²) in [6, 6.07) is 1.93. The summed E-state index contributed by atoms with van der Waals surface area (Å²) in [6.07, 6.45) is 1.72. The molecule has 1 N–H and O–H groups in total. The van der Waals surface area contributed by atoms with Crippen molar-refractivity contribution in [3.63, 3.8) is 0 Å². The largest absolute Gasteiger partial charge is 0.377 e. The van der Waals surface area contributed by atoms with E-state index in [9.17, 15) is 4.79 Å². The molecule has 2 aromatic heterocycles. The summed E-state index contributed by atoms with van der Waals surface area (Å²) in [6.45, 7) is 6.94. The molecule has 0 amide bonds. The number of hydrogen-bond donors (Lipinski definition) is 1. The number of aryl methyl sites for hydroxylation is 1. The maximum Gasteiger partial charge on any atom is 0.209 e. The van der Waals surface area contributed by atoms with Crippen molar-refractivity contribution in [2.75, 3.05) is 24.7 Å². The van der Waals surface area contributed by atoms with Gasteiger partial charge in [0, 0.05) is 19.2 Å². The Labute approximate surface area is 111 Å². The Hall–Kier alpha value is -1.82. The van der Waals surface area contributed by atoms with E-state index in [-0.39, 0.29) is 11.5 Å². The van der Waals surface area contributed by atoms with E-state index in [0.717, 1.165) is 17.9 Å². The third kappa shape index (κ3) is 2.02. The summed E-state index contributed by atoms with van der Waals surface area (Å²) < 4.78 is 7.15. The second-order valence-electron chi connectivity index (χ2n) is 4.86. The first-order chi connectivity index (χ1) is 9.20. The number of hydrogen-bond acceptors (Lipinski definition) is 4. The van der Waals surface area contributed by atoms with Gasteiger partial charge in [0.2, 0.25) is 5.43 Å². The van der Waals surface area contributed by atoms with Gasteiger partial charge in [-0.05, 0) is 13.8 Å². The Kier molecular flexibility index (Phi) is 3.02. The molecule has 6 heteroatoms. The fourth-order valence-electron chi connectivity index (χ4n) is 2.58. The zero-order valence-electron chi connectivity index (χ0n) is 11.2. The van der Waals surface area contributed by atoms with E-state index in [0.29, 0.717) is 25.3 Å². The van der Waals surface area contributed by atoms with Gasteiger partial charge in [0.1, 0.15) is 11.3 Å². The molecule has 6 nitrogen and oxygen atoms in total. The number of anilines is 1. The van der Waals surface area contributed by atoms with Crippen molar-refractivity contribution in [2.24, 2.45) is 0 Å². The molecular formula is C13H18N4O2. The number of ether oxygens (including phenoxy) is 1. The van der Waals surface area contributed by atoms with Crippen LogP contribution in [0.25, 0.3) is 11.0 Å². The van der Waals surface area contributed by atoms with Gasteiger partial charge < -0.3 is 14.6 Å². The number of aromatic nitrogens is 3. The minimum Gasteiger partial charge on any atom is -0.377 e. The van der Waals surface area contributed by atoms with Gasteiger partial charge in [0.15, 0.2) is 0 Å². The summed E-state index contributed by atoms with van der Waals surface area (Å²) in [5.74, 6) is 0.851. The number of H-pyrrole nitrogens is 1. The van der Waals surface area contributed by atoms with E-state index in [1.807, 2.05) is 6.92 Å². The zero-order chi connectivity index (χ0) is 13.4. The maximum atomic E-state index is 12.3. The van der Waals surface area contributed by atoms with Gasteiger partial charge in [0.05, 0.1) is 31.0 Å². The normalized spacial score (nSPS) is 20.1. The summed E-state index contributed by atoms with van der Waals surface area (Å²) in [5, 5.41) is 4.22. The topological polar surface area (TPSA) is 63.1 Å². The monoisotopic (exact) mass is 262 g/mol. The minimum atomic E-state index is 0.0155. The van der Waals surface area contributed by atoms with Crippen LogP contribution in [0.5, 0.6) is 0 Å². The van der Waals surface area contributed by atoms with Crippen LogP contribution in [-0.4, -0.2) is 40.6 Å².